The highest BCUT2D eigenvalue weighted by Gasteiger charge is 2.38. The van der Waals surface area contributed by atoms with Crippen LogP contribution in [-0.2, 0) is 27.2 Å². The van der Waals surface area contributed by atoms with E-state index < -0.39 is 12.0 Å². The number of piperazine rings is 1. The number of carboxylic acids is 1. The number of Topliss-reactive ketones (excluding diaryl/α,β-unsaturated/α-hetero) is 1. The van der Waals surface area contributed by atoms with Crippen molar-refractivity contribution in [3.63, 3.8) is 0 Å². The number of amides is 2. The second-order valence-electron chi connectivity index (χ2n) is 11.5. The van der Waals surface area contributed by atoms with Gasteiger partial charge in [0, 0.05) is 51.3 Å². The second-order valence-corrected chi connectivity index (χ2v) is 11.5. The Balaban J connectivity index is 1.43. The zero-order chi connectivity index (χ0) is 30.0. The van der Waals surface area contributed by atoms with Crippen LogP contribution in [0, 0.1) is 11.3 Å². The molecule has 42 heavy (non-hydrogen) atoms. The summed E-state index contributed by atoms with van der Waals surface area (Å²) < 4.78 is 0. The average Bonchev–Trinajstić information content (AvgIpc) is 2.97. The number of hydrogen-bond donors (Lipinski definition) is 3. The summed E-state index contributed by atoms with van der Waals surface area (Å²) in [6, 6.07) is 11.1. The smallest absolute Gasteiger partial charge is 0.335 e. The molecule has 2 aromatic rings. The number of nitrogens with two attached hydrogens (primary N) is 1. The van der Waals surface area contributed by atoms with Crippen molar-refractivity contribution < 1.29 is 24.3 Å². The predicted octanol–water partition coefficient (Wildman–Crippen LogP) is 1.90. The van der Waals surface area contributed by atoms with Crippen LogP contribution >= 0.6 is 0 Å². The van der Waals surface area contributed by atoms with Gasteiger partial charge in [-0.15, -0.1) is 0 Å². The van der Waals surface area contributed by atoms with Crippen LogP contribution in [0.5, 0.6) is 0 Å². The van der Waals surface area contributed by atoms with Crippen molar-refractivity contribution >= 4 is 35.2 Å². The summed E-state index contributed by atoms with van der Waals surface area (Å²) in [5.74, 6) is -1.07. The first-order valence-corrected chi connectivity index (χ1v) is 14.5. The lowest BCUT2D eigenvalue weighted by Gasteiger charge is -2.40. The lowest BCUT2D eigenvalue weighted by Crippen LogP contribution is -2.50. The van der Waals surface area contributed by atoms with Gasteiger partial charge in [-0.1, -0.05) is 24.3 Å². The molecular formula is C31H38N6O5. The van der Waals surface area contributed by atoms with Gasteiger partial charge in [0.25, 0.3) is 0 Å². The standard InChI is InChI=1S/C31H38N6O5/c1-34-15-16-36(28(40)19-34)25-4-2-3-24-23(25)11-14-37(27(39)18-21-9-12-35(13-10-21)31(32)33)29(24)26(38)17-20-5-7-22(8-6-20)30(41)42/h2-8,21,29H,9-19H2,1H3,(H3,32,33)(H,41,42)/t29-/m0/s1. The summed E-state index contributed by atoms with van der Waals surface area (Å²) >= 11 is 0. The summed E-state index contributed by atoms with van der Waals surface area (Å²) in [4.78, 5) is 59.4. The molecule has 0 saturated carbocycles. The number of carbonyl (C=O) groups excluding carboxylic acids is 3. The van der Waals surface area contributed by atoms with E-state index in [0.717, 1.165) is 36.2 Å². The van der Waals surface area contributed by atoms with Gasteiger partial charge in [0.1, 0.15) is 6.04 Å². The highest BCUT2D eigenvalue weighted by Crippen LogP contribution is 2.38. The fraction of sp³-hybridized carbons (Fsp3) is 0.452. The molecule has 3 aliphatic rings. The quantitative estimate of drug-likeness (QED) is 0.335. The number of piperidine rings is 1. The van der Waals surface area contributed by atoms with Crippen LogP contribution in [0.2, 0.25) is 0 Å². The molecule has 0 aliphatic carbocycles. The Labute approximate surface area is 245 Å². The zero-order valence-corrected chi connectivity index (χ0v) is 23.9. The number of likely N-dealkylation sites (tertiary alicyclic amines) is 1. The first kappa shape index (κ1) is 29.2. The Morgan fingerprint density at radius 3 is 2.36 bits per heavy atom. The number of fused-ring (bicyclic) bond motifs is 1. The molecule has 11 heteroatoms. The van der Waals surface area contributed by atoms with Crippen molar-refractivity contribution in [1.29, 1.82) is 5.41 Å². The molecule has 11 nitrogen and oxygen atoms in total. The Kier molecular flexibility index (Phi) is 8.58. The third-order valence-corrected chi connectivity index (χ3v) is 8.72. The maximum atomic E-state index is 14.0. The Bertz CT molecular complexity index is 1380. The van der Waals surface area contributed by atoms with Crippen molar-refractivity contribution in [3.05, 3.63) is 64.7 Å². The van der Waals surface area contributed by atoms with Gasteiger partial charge in [0.15, 0.2) is 11.7 Å². The fourth-order valence-electron chi connectivity index (χ4n) is 6.37. The van der Waals surface area contributed by atoms with E-state index in [4.69, 9.17) is 11.1 Å². The van der Waals surface area contributed by atoms with E-state index in [1.807, 2.05) is 30.1 Å². The number of guanidine groups is 1. The first-order chi connectivity index (χ1) is 20.1. The minimum Gasteiger partial charge on any atom is -0.478 e. The van der Waals surface area contributed by atoms with Crippen LogP contribution in [0.25, 0.3) is 0 Å². The van der Waals surface area contributed by atoms with Crippen LogP contribution in [0.3, 0.4) is 0 Å². The minimum atomic E-state index is -1.04. The lowest BCUT2D eigenvalue weighted by atomic mass is 9.85. The zero-order valence-electron chi connectivity index (χ0n) is 23.9. The molecule has 3 aliphatic heterocycles. The molecule has 2 fully saturated rings. The number of hydrogen-bond acceptors (Lipinski definition) is 6. The molecule has 2 saturated heterocycles. The van der Waals surface area contributed by atoms with Crippen molar-refractivity contribution in [2.75, 3.05) is 51.2 Å². The normalized spacial score (nSPS) is 19.9. The van der Waals surface area contributed by atoms with Gasteiger partial charge in [-0.3, -0.25) is 24.7 Å². The van der Waals surface area contributed by atoms with E-state index in [9.17, 15) is 24.3 Å². The highest BCUT2D eigenvalue weighted by molar-refractivity contribution is 5.98. The minimum absolute atomic E-state index is 0.00829. The number of nitrogens with zero attached hydrogens (tertiary/aromatic N) is 4. The molecular weight excluding hydrogens is 536 g/mol. The first-order valence-electron chi connectivity index (χ1n) is 14.5. The number of ketones is 1. The number of aromatic carboxylic acids is 1. The van der Waals surface area contributed by atoms with Crippen molar-refractivity contribution in [2.45, 2.75) is 38.1 Å². The van der Waals surface area contributed by atoms with E-state index in [0.29, 0.717) is 51.1 Å². The lowest BCUT2D eigenvalue weighted by molar-refractivity contribution is -0.141. The number of anilines is 1. The molecule has 4 N–H and O–H groups in total. The summed E-state index contributed by atoms with van der Waals surface area (Å²) in [5.41, 5.74) is 8.93. The number of likely N-dealkylation sites (N-methyl/N-ethyl adjacent to an activating group) is 1. The van der Waals surface area contributed by atoms with Gasteiger partial charge in [-0.25, -0.2) is 4.79 Å². The Morgan fingerprint density at radius 2 is 1.71 bits per heavy atom. The number of carbonyl (C=O) groups is 4. The van der Waals surface area contributed by atoms with Gasteiger partial charge < -0.3 is 25.5 Å². The van der Waals surface area contributed by atoms with Gasteiger partial charge in [0.05, 0.1) is 12.1 Å². The molecule has 3 heterocycles. The van der Waals surface area contributed by atoms with Crippen molar-refractivity contribution in [2.24, 2.45) is 11.7 Å². The van der Waals surface area contributed by atoms with E-state index in [1.165, 1.54) is 12.1 Å². The Morgan fingerprint density at radius 1 is 1.00 bits per heavy atom. The Hall–Kier alpha value is -4.25. The molecule has 0 spiro atoms. The average molecular weight is 575 g/mol. The summed E-state index contributed by atoms with van der Waals surface area (Å²) in [6.07, 6.45) is 2.40. The van der Waals surface area contributed by atoms with Crippen molar-refractivity contribution in [3.8, 4) is 0 Å². The largest absolute Gasteiger partial charge is 0.478 e. The van der Waals surface area contributed by atoms with Gasteiger partial charge in [-0.2, -0.15) is 0 Å². The summed E-state index contributed by atoms with van der Waals surface area (Å²) in [7, 11) is 1.92. The number of nitrogens with one attached hydrogen (secondary N) is 1. The molecule has 0 unspecified atom stereocenters. The SMILES string of the molecule is CN1CCN(c2cccc3c2CCN(C(=O)CC2CCN(C(=N)N)CC2)[C@@H]3C(=O)Cc2ccc(C(=O)O)cc2)C(=O)C1. The van der Waals surface area contributed by atoms with E-state index >= 15 is 0 Å². The molecule has 0 aromatic heterocycles. The number of rotatable bonds is 7. The molecule has 1 atom stereocenters. The maximum Gasteiger partial charge on any atom is 0.335 e. The highest BCUT2D eigenvalue weighted by atomic mass is 16.4. The van der Waals surface area contributed by atoms with E-state index in [2.05, 4.69) is 0 Å². The van der Waals surface area contributed by atoms with E-state index in [-0.39, 0.29) is 41.5 Å². The fourth-order valence-corrected chi connectivity index (χ4v) is 6.37. The molecule has 0 radical (unpaired) electrons. The molecule has 5 rings (SSSR count). The van der Waals surface area contributed by atoms with Crippen LogP contribution in [0.15, 0.2) is 42.5 Å². The van der Waals surface area contributed by atoms with Gasteiger partial charge in [0.2, 0.25) is 11.8 Å². The summed E-state index contributed by atoms with van der Waals surface area (Å²) in [6.45, 7) is 3.26. The maximum absolute atomic E-state index is 14.0. The monoisotopic (exact) mass is 574 g/mol. The summed E-state index contributed by atoms with van der Waals surface area (Å²) in [5, 5.41) is 16.9. The van der Waals surface area contributed by atoms with Crippen LogP contribution < -0.4 is 10.6 Å². The molecule has 2 aromatic carbocycles. The third-order valence-electron chi connectivity index (χ3n) is 8.72. The molecule has 0 bridgehead atoms. The number of benzene rings is 2. The second kappa shape index (κ2) is 12.3. The topological polar surface area (TPSA) is 151 Å². The van der Waals surface area contributed by atoms with Crippen LogP contribution in [0.1, 0.15) is 52.4 Å². The van der Waals surface area contributed by atoms with Crippen LogP contribution in [0.4, 0.5) is 5.69 Å². The van der Waals surface area contributed by atoms with Crippen LogP contribution in [-0.4, -0.2) is 95.6 Å². The molecule has 222 valence electrons. The van der Waals surface area contributed by atoms with Crippen molar-refractivity contribution in [1.82, 2.24) is 14.7 Å². The predicted molar refractivity (Wildman–Crippen MR) is 157 cm³/mol. The van der Waals surface area contributed by atoms with Gasteiger partial charge in [-0.05, 0) is 67.1 Å². The van der Waals surface area contributed by atoms with E-state index in [1.54, 1.807) is 26.8 Å². The third kappa shape index (κ3) is 6.15. The number of carboxylic acid groups (broad SMARTS) is 1. The van der Waals surface area contributed by atoms with Gasteiger partial charge >= 0.3 is 5.97 Å². The molecule has 2 amide bonds.